The van der Waals surface area contributed by atoms with Gasteiger partial charge >= 0.3 is 5.97 Å². The first-order chi connectivity index (χ1) is 14.1. The summed E-state index contributed by atoms with van der Waals surface area (Å²) in [6.45, 7) is 7.86. The number of ether oxygens (including phenoxy) is 2. The van der Waals surface area contributed by atoms with Crippen LogP contribution in [0, 0.1) is 19.8 Å². The van der Waals surface area contributed by atoms with Gasteiger partial charge in [-0.1, -0.05) is 13.8 Å². The molecule has 0 spiro atoms. The van der Waals surface area contributed by atoms with Crippen LogP contribution in [0.2, 0.25) is 0 Å². The van der Waals surface area contributed by atoms with Gasteiger partial charge in [-0.3, -0.25) is 9.59 Å². The van der Waals surface area contributed by atoms with Crippen LogP contribution in [-0.4, -0.2) is 54.4 Å². The van der Waals surface area contributed by atoms with E-state index in [2.05, 4.69) is 0 Å². The lowest BCUT2D eigenvalue weighted by atomic mass is 10.0. The molecule has 1 heterocycles. The number of carbonyl (C=O) groups is 3. The van der Waals surface area contributed by atoms with Crippen LogP contribution in [-0.2, 0) is 11.8 Å². The van der Waals surface area contributed by atoms with Crippen molar-refractivity contribution in [3.05, 3.63) is 52.3 Å². The Balaban J connectivity index is 2.36. The van der Waals surface area contributed by atoms with Gasteiger partial charge < -0.3 is 18.9 Å². The molecular formula is C23H30N2O5. The van der Waals surface area contributed by atoms with Crippen molar-refractivity contribution in [1.29, 1.82) is 0 Å². The number of hydrogen-bond acceptors (Lipinski definition) is 5. The summed E-state index contributed by atoms with van der Waals surface area (Å²) in [5.74, 6) is -0.0876. The van der Waals surface area contributed by atoms with Crippen LogP contribution in [0.4, 0.5) is 0 Å². The number of benzene rings is 1. The molecule has 162 valence electrons. The smallest absolute Gasteiger partial charge is 0.354 e. The van der Waals surface area contributed by atoms with E-state index in [-0.39, 0.29) is 24.2 Å². The van der Waals surface area contributed by atoms with Crippen molar-refractivity contribution < 1.29 is 23.9 Å². The van der Waals surface area contributed by atoms with Crippen LogP contribution in [0.25, 0.3) is 0 Å². The van der Waals surface area contributed by atoms with Crippen molar-refractivity contribution >= 4 is 17.7 Å². The Morgan fingerprint density at radius 2 is 1.67 bits per heavy atom. The molecule has 7 heteroatoms. The predicted octanol–water partition coefficient (Wildman–Crippen LogP) is 3.42. The van der Waals surface area contributed by atoms with Crippen molar-refractivity contribution in [1.82, 2.24) is 9.47 Å². The van der Waals surface area contributed by atoms with E-state index in [1.807, 2.05) is 13.8 Å². The molecule has 0 saturated carbocycles. The van der Waals surface area contributed by atoms with E-state index in [9.17, 15) is 14.4 Å². The van der Waals surface area contributed by atoms with Gasteiger partial charge in [0.25, 0.3) is 5.91 Å². The molecule has 1 aromatic carbocycles. The van der Waals surface area contributed by atoms with Crippen LogP contribution < -0.4 is 4.74 Å². The SMILES string of the molecule is COC(=O)c1c(C)c(C(=O)CN(CC(C)C)C(=O)c2ccc(OC)cc2)c(C)n1C. The van der Waals surface area contributed by atoms with Crippen molar-refractivity contribution in [2.75, 3.05) is 27.3 Å². The Morgan fingerprint density at radius 1 is 1.07 bits per heavy atom. The third-order valence-corrected chi connectivity index (χ3v) is 5.13. The molecule has 0 fully saturated rings. The normalized spacial score (nSPS) is 10.8. The lowest BCUT2D eigenvalue weighted by Crippen LogP contribution is -2.38. The number of carbonyl (C=O) groups excluding carboxylic acids is 3. The summed E-state index contributed by atoms with van der Waals surface area (Å²) in [6, 6.07) is 6.81. The van der Waals surface area contributed by atoms with Crippen LogP contribution in [0.5, 0.6) is 5.75 Å². The van der Waals surface area contributed by atoms with E-state index in [1.165, 1.54) is 7.11 Å². The van der Waals surface area contributed by atoms with Gasteiger partial charge in [0.15, 0.2) is 5.78 Å². The fourth-order valence-electron chi connectivity index (χ4n) is 3.60. The number of esters is 1. The van der Waals surface area contributed by atoms with E-state index in [0.717, 1.165) is 0 Å². The maximum Gasteiger partial charge on any atom is 0.354 e. The largest absolute Gasteiger partial charge is 0.497 e. The zero-order valence-electron chi connectivity index (χ0n) is 18.7. The summed E-state index contributed by atoms with van der Waals surface area (Å²) < 4.78 is 11.7. The highest BCUT2D eigenvalue weighted by Crippen LogP contribution is 2.23. The van der Waals surface area contributed by atoms with E-state index < -0.39 is 5.97 Å². The third-order valence-electron chi connectivity index (χ3n) is 5.13. The summed E-state index contributed by atoms with van der Waals surface area (Å²) in [4.78, 5) is 40.0. The van der Waals surface area contributed by atoms with Gasteiger partial charge in [-0.2, -0.15) is 0 Å². The van der Waals surface area contributed by atoms with Gasteiger partial charge in [0, 0.05) is 30.4 Å². The van der Waals surface area contributed by atoms with Gasteiger partial charge in [-0.15, -0.1) is 0 Å². The Morgan fingerprint density at radius 3 is 2.17 bits per heavy atom. The van der Waals surface area contributed by atoms with Crippen LogP contribution in [0.15, 0.2) is 24.3 Å². The second-order valence-electron chi connectivity index (χ2n) is 7.72. The molecule has 0 unspecified atom stereocenters. The van der Waals surface area contributed by atoms with E-state index in [4.69, 9.17) is 9.47 Å². The van der Waals surface area contributed by atoms with Crippen molar-refractivity contribution in [2.24, 2.45) is 13.0 Å². The maximum atomic E-state index is 13.2. The maximum absolute atomic E-state index is 13.2. The minimum absolute atomic E-state index is 0.0741. The quantitative estimate of drug-likeness (QED) is 0.489. The van der Waals surface area contributed by atoms with Crippen LogP contribution in [0.1, 0.15) is 56.3 Å². The fourth-order valence-corrected chi connectivity index (χ4v) is 3.60. The fraction of sp³-hybridized carbons (Fsp3) is 0.435. The predicted molar refractivity (Wildman–Crippen MR) is 114 cm³/mol. The minimum Gasteiger partial charge on any atom is -0.497 e. The molecule has 0 atom stereocenters. The Kier molecular flexibility index (Phi) is 7.43. The van der Waals surface area contributed by atoms with Crippen molar-refractivity contribution in [2.45, 2.75) is 27.7 Å². The molecule has 0 saturated heterocycles. The average molecular weight is 415 g/mol. The molecule has 7 nitrogen and oxygen atoms in total. The van der Waals surface area contributed by atoms with E-state index in [1.54, 1.807) is 61.7 Å². The summed E-state index contributed by atoms with van der Waals surface area (Å²) in [7, 11) is 4.59. The molecule has 2 aromatic rings. The molecule has 0 aliphatic heterocycles. The lowest BCUT2D eigenvalue weighted by molar-refractivity contribution is 0.0588. The molecule has 1 amide bonds. The average Bonchev–Trinajstić information content (AvgIpc) is 2.94. The Bertz CT molecular complexity index is 941. The molecule has 2 rings (SSSR count). The monoisotopic (exact) mass is 414 g/mol. The standard InChI is InChI=1S/C23H30N2O5/c1-14(2)12-25(22(27)17-8-10-18(29-6)11-9-17)13-19(26)20-15(3)21(23(28)30-7)24(5)16(20)4/h8-11,14H,12-13H2,1-7H3. The number of rotatable bonds is 8. The Labute approximate surface area is 177 Å². The van der Waals surface area contributed by atoms with Gasteiger partial charge in [-0.05, 0) is 49.6 Å². The molecule has 1 aromatic heterocycles. The van der Waals surface area contributed by atoms with Gasteiger partial charge in [-0.25, -0.2) is 4.79 Å². The summed E-state index contributed by atoms with van der Waals surface area (Å²) in [6.07, 6.45) is 0. The first kappa shape index (κ1) is 23.2. The highest BCUT2D eigenvalue weighted by Gasteiger charge is 2.28. The molecular weight excluding hydrogens is 384 g/mol. The molecule has 30 heavy (non-hydrogen) atoms. The summed E-state index contributed by atoms with van der Waals surface area (Å²) in [5, 5.41) is 0. The highest BCUT2D eigenvalue weighted by molar-refractivity contribution is 6.06. The zero-order valence-corrected chi connectivity index (χ0v) is 18.7. The molecule has 0 bridgehead atoms. The number of aromatic nitrogens is 1. The van der Waals surface area contributed by atoms with Crippen LogP contribution in [0.3, 0.4) is 0 Å². The minimum atomic E-state index is -0.495. The van der Waals surface area contributed by atoms with Crippen molar-refractivity contribution in [3.63, 3.8) is 0 Å². The molecule has 0 aliphatic rings. The number of hydrogen-bond donors (Lipinski definition) is 0. The van der Waals surface area contributed by atoms with Gasteiger partial charge in [0.05, 0.1) is 20.8 Å². The number of Topliss-reactive ketones (excluding diaryl/α,β-unsaturated/α-hetero) is 1. The van der Waals surface area contributed by atoms with E-state index in [0.29, 0.717) is 40.4 Å². The topological polar surface area (TPSA) is 77.8 Å². The van der Waals surface area contributed by atoms with Gasteiger partial charge in [0.2, 0.25) is 0 Å². The second-order valence-corrected chi connectivity index (χ2v) is 7.72. The number of ketones is 1. The molecule has 0 N–H and O–H groups in total. The molecule has 0 radical (unpaired) electrons. The third kappa shape index (κ3) is 4.72. The Hall–Kier alpha value is -3.09. The highest BCUT2D eigenvalue weighted by atomic mass is 16.5. The zero-order chi connectivity index (χ0) is 22.6. The first-order valence-corrected chi connectivity index (χ1v) is 9.83. The summed E-state index contributed by atoms with van der Waals surface area (Å²) >= 11 is 0. The summed E-state index contributed by atoms with van der Waals surface area (Å²) in [5.41, 5.74) is 2.51. The first-order valence-electron chi connectivity index (χ1n) is 9.83. The number of methoxy groups -OCH3 is 2. The number of nitrogens with zero attached hydrogens (tertiary/aromatic N) is 2. The lowest BCUT2D eigenvalue weighted by Gasteiger charge is -2.24. The van der Waals surface area contributed by atoms with E-state index >= 15 is 0 Å². The van der Waals surface area contributed by atoms with Crippen molar-refractivity contribution in [3.8, 4) is 5.75 Å². The number of amides is 1. The van der Waals surface area contributed by atoms with Crippen LogP contribution >= 0.6 is 0 Å². The molecule has 0 aliphatic carbocycles. The van der Waals surface area contributed by atoms with Gasteiger partial charge in [0.1, 0.15) is 11.4 Å². The second kappa shape index (κ2) is 9.61.